The molecule has 1 saturated carbocycles. The van der Waals surface area contributed by atoms with Crippen molar-refractivity contribution >= 4 is 17.7 Å². The van der Waals surface area contributed by atoms with Gasteiger partial charge in [-0.1, -0.05) is 24.6 Å². The Bertz CT molecular complexity index is 445. The van der Waals surface area contributed by atoms with E-state index in [2.05, 4.69) is 18.0 Å². The first kappa shape index (κ1) is 11.4. The maximum absolute atomic E-state index is 10.5. The van der Waals surface area contributed by atoms with E-state index < -0.39 is 0 Å². The fraction of sp³-hybridized carbons (Fsp3) is 0.462. The summed E-state index contributed by atoms with van der Waals surface area (Å²) < 4.78 is 0. The molecule has 0 atom stereocenters. The molecule has 84 valence electrons. The van der Waals surface area contributed by atoms with Crippen LogP contribution in [0, 0.1) is 0 Å². The molecule has 2 nitrogen and oxygen atoms in total. The summed E-state index contributed by atoms with van der Waals surface area (Å²) in [7, 11) is 0. The zero-order valence-electron chi connectivity index (χ0n) is 9.29. The summed E-state index contributed by atoms with van der Waals surface area (Å²) in [5.41, 5.74) is 1.91. The summed E-state index contributed by atoms with van der Waals surface area (Å²) in [4.78, 5) is 14.5. The molecule has 0 radical (unpaired) electrons. The Hall–Kier alpha value is -1.11. The number of benzene rings is 1. The summed E-state index contributed by atoms with van der Waals surface area (Å²) in [6.45, 7) is 2.09. The Morgan fingerprint density at radius 2 is 2.19 bits per heavy atom. The molecule has 0 unspecified atom stereocenters. The van der Waals surface area contributed by atoms with Crippen molar-refractivity contribution in [2.75, 3.05) is 0 Å². The average molecular weight is 236 g/mol. The summed E-state index contributed by atoms with van der Waals surface area (Å²) in [6, 6.07) is 5.98. The van der Waals surface area contributed by atoms with Crippen LogP contribution in [0.15, 0.2) is 23.2 Å². The third-order valence-corrected chi connectivity index (χ3v) is 3.56. The van der Waals surface area contributed by atoms with Gasteiger partial charge in [-0.05, 0) is 48.9 Å². The van der Waals surface area contributed by atoms with Crippen molar-refractivity contribution in [3.8, 4) is 0 Å². The molecule has 0 heterocycles. The molecule has 16 heavy (non-hydrogen) atoms. The van der Waals surface area contributed by atoms with E-state index in [0.29, 0.717) is 0 Å². The highest BCUT2D eigenvalue weighted by atomic mass is 35.5. The van der Waals surface area contributed by atoms with Crippen molar-refractivity contribution in [3.63, 3.8) is 0 Å². The summed E-state index contributed by atoms with van der Waals surface area (Å²) >= 11 is 6.08. The van der Waals surface area contributed by atoms with E-state index >= 15 is 0 Å². The molecule has 2 rings (SSSR count). The van der Waals surface area contributed by atoms with E-state index in [4.69, 9.17) is 11.6 Å². The lowest BCUT2D eigenvalue weighted by Gasteiger charge is -2.37. The standard InChI is InChI=1S/C13H14ClNO/c1-2-10-6-11(8-12(14)7-10)13(15-9-16)4-3-5-13/h6-8H,2-5H2,1H3. The third-order valence-electron chi connectivity index (χ3n) is 3.34. The van der Waals surface area contributed by atoms with Crippen LogP contribution in [-0.4, -0.2) is 6.08 Å². The van der Waals surface area contributed by atoms with Crippen LogP contribution in [0.2, 0.25) is 5.02 Å². The number of aryl methyl sites for hydroxylation is 1. The molecule has 1 fully saturated rings. The average Bonchev–Trinajstić information content (AvgIpc) is 2.22. The highest BCUT2D eigenvalue weighted by molar-refractivity contribution is 6.30. The van der Waals surface area contributed by atoms with E-state index in [0.717, 1.165) is 36.3 Å². The van der Waals surface area contributed by atoms with E-state index in [1.807, 2.05) is 12.1 Å². The molecule has 1 aromatic carbocycles. The molecule has 1 aliphatic rings. The molecule has 0 aliphatic heterocycles. The zero-order chi connectivity index (χ0) is 11.6. The molecular weight excluding hydrogens is 222 g/mol. The van der Waals surface area contributed by atoms with Crippen molar-refractivity contribution in [3.05, 3.63) is 34.3 Å². The van der Waals surface area contributed by atoms with Gasteiger partial charge in [-0.15, -0.1) is 0 Å². The Morgan fingerprint density at radius 3 is 2.69 bits per heavy atom. The van der Waals surface area contributed by atoms with Gasteiger partial charge in [0.2, 0.25) is 6.08 Å². The summed E-state index contributed by atoms with van der Waals surface area (Å²) in [5, 5.41) is 0.724. The van der Waals surface area contributed by atoms with Crippen LogP contribution in [0.4, 0.5) is 0 Å². The highest BCUT2D eigenvalue weighted by Crippen LogP contribution is 2.45. The lowest BCUT2D eigenvalue weighted by Crippen LogP contribution is -2.32. The van der Waals surface area contributed by atoms with Crippen LogP contribution in [-0.2, 0) is 16.8 Å². The SMILES string of the molecule is CCc1cc(Cl)cc(C2(N=C=O)CCC2)c1. The van der Waals surface area contributed by atoms with Crippen LogP contribution < -0.4 is 0 Å². The van der Waals surface area contributed by atoms with E-state index in [-0.39, 0.29) is 5.54 Å². The maximum atomic E-state index is 10.5. The lowest BCUT2D eigenvalue weighted by molar-refractivity contribution is 0.256. The van der Waals surface area contributed by atoms with Crippen LogP contribution in [0.3, 0.4) is 0 Å². The minimum absolute atomic E-state index is 0.337. The second-order valence-corrected chi connectivity index (χ2v) is 4.73. The number of rotatable bonds is 3. The fourth-order valence-corrected chi connectivity index (χ4v) is 2.44. The molecule has 0 bridgehead atoms. The van der Waals surface area contributed by atoms with Gasteiger partial charge < -0.3 is 0 Å². The van der Waals surface area contributed by atoms with Crippen molar-refractivity contribution < 1.29 is 4.79 Å². The summed E-state index contributed by atoms with van der Waals surface area (Å²) in [6.07, 6.45) is 5.59. The van der Waals surface area contributed by atoms with Crippen LogP contribution in [0.1, 0.15) is 37.3 Å². The van der Waals surface area contributed by atoms with Crippen molar-refractivity contribution in [1.82, 2.24) is 0 Å². The highest BCUT2D eigenvalue weighted by Gasteiger charge is 2.39. The number of nitrogens with zero attached hydrogens (tertiary/aromatic N) is 1. The number of carbonyl (C=O) groups excluding carboxylic acids is 1. The van der Waals surface area contributed by atoms with Crippen LogP contribution in [0.5, 0.6) is 0 Å². The minimum atomic E-state index is -0.337. The van der Waals surface area contributed by atoms with Crippen molar-refractivity contribution in [2.45, 2.75) is 38.1 Å². The topological polar surface area (TPSA) is 29.4 Å². The molecule has 0 aromatic heterocycles. The second-order valence-electron chi connectivity index (χ2n) is 4.29. The fourth-order valence-electron chi connectivity index (χ4n) is 2.19. The molecule has 0 amide bonds. The summed E-state index contributed by atoms with van der Waals surface area (Å²) in [5.74, 6) is 0. The number of aliphatic imine (C=N–C) groups is 1. The molecule has 0 spiro atoms. The largest absolute Gasteiger partial charge is 0.235 e. The molecule has 0 N–H and O–H groups in total. The van der Waals surface area contributed by atoms with Gasteiger partial charge in [0.05, 0.1) is 5.54 Å². The molecule has 1 aromatic rings. The van der Waals surface area contributed by atoms with Gasteiger partial charge in [0.15, 0.2) is 0 Å². The maximum Gasteiger partial charge on any atom is 0.235 e. The van der Waals surface area contributed by atoms with Gasteiger partial charge in [0, 0.05) is 5.02 Å². The first-order valence-electron chi connectivity index (χ1n) is 5.59. The van der Waals surface area contributed by atoms with Crippen LogP contribution in [0.25, 0.3) is 0 Å². The Morgan fingerprint density at radius 1 is 1.44 bits per heavy atom. The van der Waals surface area contributed by atoms with Gasteiger partial charge in [-0.2, -0.15) is 4.99 Å². The Labute approximate surface area is 100 Å². The Kier molecular flexibility index (Phi) is 3.13. The first-order chi connectivity index (χ1) is 7.70. The van der Waals surface area contributed by atoms with E-state index in [9.17, 15) is 4.79 Å². The van der Waals surface area contributed by atoms with Crippen molar-refractivity contribution in [2.24, 2.45) is 4.99 Å². The van der Waals surface area contributed by atoms with Gasteiger partial charge in [-0.25, -0.2) is 4.79 Å². The van der Waals surface area contributed by atoms with Gasteiger partial charge in [0.1, 0.15) is 0 Å². The molecule has 1 aliphatic carbocycles. The predicted molar refractivity (Wildman–Crippen MR) is 64.5 cm³/mol. The van der Waals surface area contributed by atoms with Gasteiger partial charge >= 0.3 is 0 Å². The van der Waals surface area contributed by atoms with E-state index in [1.54, 1.807) is 6.08 Å². The van der Waals surface area contributed by atoms with E-state index in [1.165, 1.54) is 5.56 Å². The van der Waals surface area contributed by atoms with Gasteiger partial charge in [-0.3, -0.25) is 0 Å². The quantitative estimate of drug-likeness (QED) is 0.581. The smallest absolute Gasteiger partial charge is 0.211 e. The van der Waals surface area contributed by atoms with Gasteiger partial charge in [0.25, 0.3) is 0 Å². The third kappa shape index (κ3) is 1.91. The number of isocyanates is 1. The number of hydrogen-bond donors (Lipinski definition) is 0. The molecule has 0 saturated heterocycles. The first-order valence-corrected chi connectivity index (χ1v) is 5.97. The van der Waals surface area contributed by atoms with Crippen molar-refractivity contribution in [1.29, 1.82) is 0 Å². The predicted octanol–water partition coefficient (Wildman–Crippen LogP) is 3.62. The molecular formula is C13H14ClNO. The monoisotopic (exact) mass is 235 g/mol. The minimum Gasteiger partial charge on any atom is -0.211 e. The Balaban J connectivity index is 2.45. The zero-order valence-corrected chi connectivity index (χ0v) is 10.0. The lowest BCUT2D eigenvalue weighted by atomic mass is 9.72. The normalized spacial score (nSPS) is 17.4. The number of halogens is 1. The molecule has 3 heteroatoms. The van der Waals surface area contributed by atoms with Crippen LogP contribution >= 0.6 is 11.6 Å². The number of hydrogen-bond acceptors (Lipinski definition) is 2. The second kappa shape index (κ2) is 4.40.